The molecule has 0 saturated heterocycles. The van der Waals surface area contributed by atoms with Crippen molar-refractivity contribution in [2.45, 2.75) is 25.7 Å². The van der Waals surface area contributed by atoms with Gasteiger partial charge in [-0.1, -0.05) is 6.42 Å². The second-order valence-electron chi connectivity index (χ2n) is 4.67. The number of rotatable bonds is 6. The largest absolute Gasteiger partial charge is 0.481 e. The molecule has 2 atom stereocenters. The van der Waals surface area contributed by atoms with E-state index in [1.54, 1.807) is 0 Å². The minimum Gasteiger partial charge on any atom is -0.481 e. The zero-order valence-corrected chi connectivity index (χ0v) is 10.4. The summed E-state index contributed by atoms with van der Waals surface area (Å²) in [6.07, 6.45) is 2.41. The number of carbonyl (C=O) groups is 2. The maximum atomic E-state index is 12.2. The lowest BCUT2D eigenvalue weighted by molar-refractivity contribution is -0.145. The van der Waals surface area contributed by atoms with Gasteiger partial charge >= 0.3 is 5.97 Å². The van der Waals surface area contributed by atoms with Crippen molar-refractivity contribution in [3.63, 3.8) is 0 Å². The van der Waals surface area contributed by atoms with Crippen LogP contribution < -0.4 is 0 Å². The molecule has 0 bridgehead atoms. The maximum Gasteiger partial charge on any atom is 0.306 e. The molecule has 2 unspecified atom stereocenters. The van der Waals surface area contributed by atoms with Gasteiger partial charge in [-0.05, 0) is 19.3 Å². The Kier molecular flexibility index (Phi) is 6.07. The molecular formula is C12H21NO5. The van der Waals surface area contributed by atoms with Crippen molar-refractivity contribution in [1.82, 2.24) is 4.90 Å². The van der Waals surface area contributed by atoms with Gasteiger partial charge in [-0.3, -0.25) is 9.59 Å². The normalized spacial score (nSPS) is 23.7. The van der Waals surface area contributed by atoms with Crippen molar-refractivity contribution in [2.75, 3.05) is 26.3 Å². The van der Waals surface area contributed by atoms with Crippen molar-refractivity contribution >= 4 is 11.9 Å². The Labute approximate surface area is 106 Å². The molecule has 0 aliphatic heterocycles. The minimum atomic E-state index is -0.844. The van der Waals surface area contributed by atoms with Crippen molar-refractivity contribution in [1.29, 1.82) is 0 Å². The number of carbonyl (C=O) groups excluding carboxylic acids is 1. The molecule has 6 heteroatoms. The first-order chi connectivity index (χ1) is 8.60. The monoisotopic (exact) mass is 259 g/mol. The highest BCUT2D eigenvalue weighted by molar-refractivity contribution is 5.80. The number of carboxylic acids is 1. The third kappa shape index (κ3) is 3.96. The van der Waals surface area contributed by atoms with Gasteiger partial charge in [-0.15, -0.1) is 0 Å². The van der Waals surface area contributed by atoms with Crippen LogP contribution in [0.2, 0.25) is 0 Å². The fourth-order valence-corrected chi connectivity index (χ4v) is 2.47. The van der Waals surface area contributed by atoms with Crippen LogP contribution in [-0.2, 0) is 9.59 Å². The van der Waals surface area contributed by atoms with E-state index in [0.29, 0.717) is 19.3 Å². The van der Waals surface area contributed by atoms with Crippen molar-refractivity contribution in [3.8, 4) is 0 Å². The van der Waals surface area contributed by atoms with Crippen molar-refractivity contribution < 1.29 is 24.9 Å². The van der Waals surface area contributed by atoms with Crippen LogP contribution in [0.5, 0.6) is 0 Å². The molecule has 0 heterocycles. The van der Waals surface area contributed by atoms with Gasteiger partial charge in [0.05, 0.1) is 19.1 Å². The summed E-state index contributed by atoms with van der Waals surface area (Å²) < 4.78 is 0. The molecule has 18 heavy (non-hydrogen) atoms. The lowest BCUT2D eigenvalue weighted by Gasteiger charge is -2.30. The second-order valence-corrected chi connectivity index (χ2v) is 4.67. The molecule has 0 spiro atoms. The molecule has 3 N–H and O–H groups in total. The van der Waals surface area contributed by atoms with Gasteiger partial charge in [0.1, 0.15) is 0 Å². The summed E-state index contributed by atoms with van der Waals surface area (Å²) in [5.41, 5.74) is 0. The number of aliphatic hydroxyl groups is 2. The third-order valence-electron chi connectivity index (χ3n) is 3.42. The van der Waals surface area contributed by atoms with Gasteiger partial charge < -0.3 is 20.2 Å². The summed E-state index contributed by atoms with van der Waals surface area (Å²) >= 11 is 0. The molecule has 1 saturated carbocycles. The Morgan fingerprint density at radius 3 is 2.11 bits per heavy atom. The number of aliphatic hydroxyl groups excluding tert-OH is 2. The van der Waals surface area contributed by atoms with Gasteiger partial charge in [0.15, 0.2) is 0 Å². The number of aliphatic carboxylic acids is 1. The molecule has 0 aromatic rings. The summed E-state index contributed by atoms with van der Waals surface area (Å²) in [6.45, 7) is 0.0723. The van der Waals surface area contributed by atoms with Crippen LogP contribution in [0.1, 0.15) is 25.7 Å². The van der Waals surface area contributed by atoms with E-state index in [9.17, 15) is 9.59 Å². The maximum absolute atomic E-state index is 12.2. The minimum absolute atomic E-state index is 0.149. The molecule has 6 nitrogen and oxygen atoms in total. The van der Waals surface area contributed by atoms with E-state index in [4.69, 9.17) is 15.3 Å². The summed E-state index contributed by atoms with van der Waals surface area (Å²) in [4.78, 5) is 24.5. The summed E-state index contributed by atoms with van der Waals surface area (Å²) in [5, 5.41) is 26.7. The molecule has 0 aromatic carbocycles. The highest BCUT2D eigenvalue weighted by atomic mass is 16.4. The number of nitrogens with zero attached hydrogens (tertiary/aromatic N) is 1. The fraction of sp³-hybridized carbons (Fsp3) is 0.833. The van der Waals surface area contributed by atoms with Crippen LogP contribution in [0, 0.1) is 11.8 Å². The number of hydrogen-bond donors (Lipinski definition) is 3. The number of amides is 1. The molecule has 104 valence electrons. The summed E-state index contributed by atoms with van der Waals surface area (Å²) in [5.74, 6) is -1.73. The van der Waals surface area contributed by atoms with Crippen molar-refractivity contribution in [2.24, 2.45) is 11.8 Å². The molecule has 0 radical (unpaired) electrons. The highest BCUT2D eigenvalue weighted by Crippen LogP contribution is 2.30. The van der Waals surface area contributed by atoms with E-state index in [0.717, 1.165) is 6.42 Å². The molecule has 1 amide bonds. The zero-order chi connectivity index (χ0) is 13.5. The topological polar surface area (TPSA) is 98.1 Å². The molecule has 1 rings (SSSR count). The molecular weight excluding hydrogens is 238 g/mol. The third-order valence-corrected chi connectivity index (χ3v) is 3.42. The van der Waals surface area contributed by atoms with Gasteiger partial charge in [0.25, 0.3) is 0 Å². The zero-order valence-electron chi connectivity index (χ0n) is 10.4. The van der Waals surface area contributed by atoms with Crippen LogP contribution in [0.4, 0.5) is 0 Å². The van der Waals surface area contributed by atoms with E-state index >= 15 is 0 Å². The van der Waals surface area contributed by atoms with Gasteiger partial charge in [-0.2, -0.15) is 0 Å². The Morgan fingerprint density at radius 1 is 1.06 bits per heavy atom. The summed E-state index contributed by atoms with van der Waals surface area (Å²) in [6, 6.07) is 0. The van der Waals surface area contributed by atoms with Crippen LogP contribution in [0.25, 0.3) is 0 Å². The van der Waals surface area contributed by atoms with E-state index in [2.05, 4.69) is 0 Å². The van der Waals surface area contributed by atoms with E-state index < -0.39 is 11.9 Å². The average molecular weight is 259 g/mol. The quantitative estimate of drug-likeness (QED) is 0.608. The Morgan fingerprint density at radius 2 is 1.61 bits per heavy atom. The van der Waals surface area contributed by atoms with Crippen molar-refractivity contribution in [3.05, 3.63) is 0 Å². The van der Waals surface area contributed by atoms with Crippen LogP contribution in [0.15, 0.2) is 0 Å². The Bertz CT molecular complexity index is 288. The predicted molar refractivity (Wildman–Crippen MR) is 63.8 cm³/mol. The van der Waals surface area contributed by atoms with E-state index in [1.165, 1.54) is 4.90 Å². The molecule has 1 aliphatic carbocycles. The Hall–Kier alpha value is -1.14. The lowest BCUT2D eigenvalue weighted by Crippen LogP contribution is -2.42. The smallest absolute Gasteiger partial charge is 0.306 e. The van der Waals surface area contributed by atoms with E-state index in [-0.39, 0.29) is 38.1 Å². The first-order valence-electron chi connectivity index (χ1n) is 6.33. The molecule has 1 aliphatic rings. The van der Waals surface area contributed by atoms with Gasteiger partial charge in [-0.25, -0.2) is 0 Å². The molecule has 0 aromatic heterocycles. The van der Waals surface area contributed by atoms with Crippen LogP contribution in [0.3, 0.4) is 0 Å². The fourth-order valence-electron chi connectivity index (χ4n) is 2.47. The standard InChI is InChI=1S/C12H21NO5/c14-6-4-13(5-7-15)11(16)9-2-1-3-10(8-9)12(17)18/h9-10,14-15H,1-8H2,(H,17,18). The van der Waals surface area contributed by atoms with Crippen LogP contribution in [-0.4, -0.2) is 58.4 Å². The molecule has 1 fully saturated rings. The first-order valence-corrected chi connectivity index (χ1v) is 6.33. The van der Waals surface area contributed by atoms with Gasteiger partial charge in [0.2, 0.25) is 5.91 Å². The van der Waals surface area contributed by atoms with E-state index in [1.807, 2.05) is 0 Å². The predicted octanol–water partition coefficient (Wildman–Crippen LogP) is -0.309. The second kappa shape index (κ2) is 7.33. The van der Waals surface area contributed by atoms with Crippen LogP contribution >= 0.6 is 0 Å². The average Bonchev–Trinajstić information content (AvgIpc) is 2.38. The number of hydrogen-bond acceptors (Lipinski definition) is 4. The first kappa shape index (κ1) is 14.9. The summed E-state index contributed by atoms with van der Waals surface area (Å²) in [7, 11) is 0. The number of carboxylic acid groups (broad SMARTS) is 1. The van der Waals surface area contributed by atoms with Gasteiger partial charge in [0, 0.05) is 19.0 Å². The highest BCUT2D eigenvalue weighted by Gasteiger charge is 2.32. The lowest BCUT2D eigenvalue weighted by atomic mass is 9.80. The Balaban J connectivity index is 2.60. The SMILES string of the molecule is O=C(O)C1CCCC(C(=O)N(CCO)CCO)C1.